The highest BCUT2D eigenvalue weighted by Crippen LogP contribution is 2.23. The van der Waals surface area contributed by atoms with Gasteiger partial charge in [0.15, 0.2) is 11.6 Å². The number of carbonyl (C=O) groups excluding carboxylic acids is 1. The van der Waals surface area contributed by atoms with Gasteiger partial charge in [-0.05, 0) is 36.8 Å². The SMILES string of the molecule is C[C@H](NC(=O)N1CCC(Oc2ccc(F)cc2F)CC1)c1cccc(O)c1. The molecule has 0 saturated carbocycles. The zero-order valence-electron chi connectivity index (χ0n) is 15.0. The van der Waals surface area contributed by atoms with Crippen molar-refractivity contribution in [3.63, 3.8) is 0 Å². The third-order valence-corrected chi connectivity index (χ3v) is 4.63. The van der Waals surface area contributed by atoms with Gasteiger partial charge >= 0.3 is 6.03 Å². The van der Waals surface area contributed by atoms with Crippen molar-refractivity contribution in [2.24, 2.45) is 0 Å². The Hall–Kier alpha value is -2.83. The van der Waals surface area contributed by atoms with Gasteiger partial charge in [-0.1, -0.05) is 12.1 Å². The highest BCUT2D eigenvalue weighted by Gasteiger charge is 2.25. The zero-order valence-corrected chi connectivity index (χ0v) is 15.0. The molecule has 2 aromatic carbocycles. The fourth-order valence-corrected chi connectivity index (χ4v) is 3.08. The molecule has 1 saturated heterocycles. The number of piperidine rings is 1. The number of phenolic OH excluding ortho intramolecular Hbond substituents is 1. The topological polar surface area (TPSA) is 61.8 Å². The minimum atomic E-state index is -0.727. The van der Waals surface area contributed by atoms with E-state index in [0.29, 0.717) is 25.9 Å². The van der Waals surface area contributed by atoms with Crippen LogP contribution in [0.5, 0.6) is 11.5 Å². The summed E-state index contributed by atoms with van der Waals surface area (Å²) >= 11 is 0. The first-order valence-corrected chi connectivity index (χ1v) is 8.88. The summed E-state index contributed by atoms with van der Waals surface area (Å²) < 4.78 is 32.2. The van der Waals surface area contributed by atoms with Crippen LogP contribution in [0.15, 0.2) is 42.5 Å². The summed E-state index contributed by atoms with van der Waals surface area (Å²) in [5, 5.41) is 12.5. The highest BCUT2D eigenvalue weighted by atomic mass is 19.1. The van der Waals surface area contributed by atoms with Crippen molar-refractivity contribution < 1.29 is 23.4 Å². The van der Waals surface area contributed by atoms with Gasteiger partial charge in [0.2, 0.25) is 0 Å². The lowest BCUT2D eigenvalue weighted by atomic mass is 10.1. The van der Waals surface area contributed by atoms with E-state index in [2.05, 4.69) is 5.32 Å². The molecule has 2 aromatic rings. The average molecular weight is 376 g/mol. The Morgan fingerprint density at radius 2 is 1.96 bits per heavy atom. The van der Waals surface area contributed by atoms with Gasteiger partial charge in [-0.15, -0.1) is 0 Å². The van der Waals surface area contributed by atoms with Gasteiger partial charge in [0, 0.05) is 32.0 Å². The molecule has 0 radical (unpaired) electrons. The molecule has 0 unspecified atom stereocenters. The monoisotopic (exact) mass is 376 g/mol. The van der Waals surface area contributed by atoms with E-state index in [-0.39, 0.29) is 29.7 Å². The molecule has 1 fully saturated rings. The second-order valence-corrected chi connectivity index (χ2v) is 6.65. The number of carbonyl (C=O) groups is 1. The van der Waals surface area contributed by atoms with Crippen LogP contribution in [0.1, 0.15) is 31.4 Å². The number of urea groups is 1. The molecule has 0 bridgehead atoms. The summed E-state index contributed by atoms with van der Waals surface area (Å²) in [5.74, 6) is -1.20. The molecular weight excluding hydrogens is 354 g/mol. The minimum Gasteiger partial charge on any atom is -0.508 e. The van der Waals surface area contributed by atoms with Crippen LogP contribution in [0.4, 0.5) is 13.6 Å². The lowest BCUT2D eigenvalue weighted by molar-refractivity contribution is 0.106. The van der Waals surface area contributed by atoms with Crippen LogP contribution in [0.25, 0.3) is 0 Å². The summed E-state index contributed by atoms with van der Waals surface area (Å²) in [4.78, 5) is 14.1. The fraction of sp³-hybridized carbons (Fsp3) is 0.350. The first kappa shape index (κ1) is 18.9. The number of amides is 2. The van der Waals surface area contributed by atoms with Crippen molar-refractivity contribution in [2.45, 2.75) is 31.9 Å². The minimum absolute atomic E-state index is 0.0248. The lowest BCUT2D eigenvalue weighted by Gasteiger charge is -2.33. The number of likely N-dealkylation sites (tertiary alicyclic amines) is 1. The van der Waals surface area contributed by atoms with Gasteiger partial charge in [-0.3, -0.25) is 0 Å². The van der Waals surface area contributed by atoms with Crippen LogP contribution in [0.2, 0.25) is 0 Å². The number of nitrogens with one attached hydrogen (secondary N) is 1. The molecule has 2 amide bonds. The first-order valence-electron chi connectivity index (χ1n) is 8.88. The van der Waals surface area contributed by atoms with Crippen LogP contribution in [-0.2, 0) is 0 Å². The second kappa shape index (κ2) is 8.24. The molecule has 1 aliphatic heterocycles. The largest absolute Gasteiger partial charge is 0.508 e. The van der Waals surface area contributed by atoms with Crippen molar-refractivity contribution in [2.75, 3.05) is 13.1 Å². The number of aromatic hydroxyl groups is 1. The van der Waals surface area contributed by atoms with Crippen LogP contribution in [-0.4, -0.2) is 35.2 Å². The van der Waals surface area contributed by atoms with E-state index >= 15 is 0 Å². The standard InChI is InChI=1S/C20H22F2N2O3/c1-13(14-3-2-4-16(25)11-14)23-20(26)24-9-7-17(8-10-24)27-19-6-5-15(21)12-18(19)22/h2-6,11-13,17,25H,7-10H2,1H3,(H,23,26)/t13-/m0/s1. The zero-order chi connectivity index (χ0) is 19.4. The Balaban J connectivity index is 1.50. The Morgan fingerprint density at radius 3 is 2.63 bits per heavy atom. The van der Waals surface area contributed by atoms with E-state index in [1.165, 1.54) is 6.07 Å². The van der Waals surface area contributed by atoms with Crippen molar-refractivity contribution in [1.29, 1.82) is 0 Å². The lowest BCUT2D eigenvalue weighted by Crippen LogP contribution is -2.47. The smallest absolute Gasteiger partial charge is 0.317 e. The molecule has 0 aromatic heterocycles. The Morgan fingerprint density at radius 1 is 1.22 bits per heavy atom. The molecule has 144 valence electrons. The summed E-state index contributed by atoms with van der Waals surface area (Å²) in [6.07, 6.45) is 0.896. The number of nitrogens with zero attached hydrogens (tertiary/aromatic N) is 1. The molecule has 5 nitrogen and oxygen atoms in total. The molecule has 1 aliphatic rings. The van der Waals surface area contributed by atoms with Crippen LogP contribution in [0.3, 0.4) is 0 Å². The van der Waals surface area contributed by atoms with E-state index in [0.717, 1.165) is 17.7 Å². The molecule has 1 heterocycles. The fourth-order valence-electron chi connectivity index (χ4n) is 3.08. The number of rotatable bonds is 4. The Bertz CT molecular complexity index is 808. The number of phenols is 1. The summed E-state index contributed by atoms with van der Waals surface area (Å²) in [6, 6.07) is 9.54. The Kier molecular flexibility index (Phi) is 5.78. The van der Waals surface area contributed by atoms with E-state index < -0.39 is 11.6 Å². The quantitative estimate of drug-likeness (QED) is 0.848. The molecule has 3 rings (SSSR count). The van der Waals surface area contributed by atoms with E-state index in [1.54, 1.807) is 23.1 Å². The summed E-state index contributed by atoms with van der Waals surface area (Å²) in [5.41, 5.74) is 0.813. The van der Waals surface area contributed by atoms with Gasteiger partial charge in [-0.25, -0.2) is 13.6 Å². The number of halogens is 2. The maximum atomic E-state index is 13.7. The third-order valence-electron chi connectivity index (χ3n) is 4.63. The van der Waals surface area contributed by atoms with Gasteiger partial charge in [0.1, 0.15) is 17.7 Å². The first-order chi connectivity index (χ1) is 12.9. The molecule has 0 aliphatic carbocycles. The molecule has 7 heteroatoms. The van der Waals surface area contributed by atoms with E-state index in [4.69, 9.17) is 4.74 Å². The van der Waals surface area contributed by atoms with Crippen molar-refractivity contribution in [1.82, 2.24) is 10.2 Å². The van der Waals surface area contributed by atoms with Crippen molar-refractivity contribution in [3.8, 4) is 11.5 Å². The number of benzene rings is 2. The van der Waals surface area contributed by atoms with Crippen molar-refractivity contribution in [3.05, 3.63) is 59.7 Å². The normalized spacial score (nSPS) is 16.0. The average Bonchev–Trinajstić information content (AvgIpc) is 2.64. The number of ether oxygens (including phenoxy) is 1. The number of hydrogen-bond donors (Lipinski definition) is 2. The molecule has 27 heavy (non-hydrogen) atoms. The van der Waals surface area contributed by atoms with E-state index in [9.17, 15) is 18.7 Å². The second-order valence-electron chi connectivity index (χ2n) is 6.65. The number of hydrogen-bond acceptors (Lipinski definition) is 3. The maximum absolute atomic E-state index is 13.7. The molecule has 2 N–H and O–H groups in total. The van der Waals surface area contributed by atoms with Gasteiger partial charge < -0.3 is 20.1 Å². The van der Waals surface area contributed by atoms with Crippen LogP contribution >= 0.6 is 0 Å². The molecule has 0 spiro atoms. The highest BCUT2D eigenvalue weighted by molar-refractivity contribution is 5.74. The van der Waals surface area contributed by atoms with Gasteiger partial charge in [0.05, 0.1) is 6.04 Å². The summed E-state index contributed by atoms with van der Waals surface area (Å²) in [6.45, 7) is 2.80. The van der Waals surface area contributed by atoms with Gasteiger partial charge in [-0.2, -0.15) is 0 Å². The van der Waals surface area contributed by atoms with Gasteiger partial charge in [0.25, 0.3) is 0 Å². The van der Waals surface area contributed by atoms with Crippen LogP contribution in [0, 0.1) is 11.6 Å². The predicted molar refractivity (Wildman–Crippen MR) is 96.6 cm³/mol. The maximum Gasteiger partial charge on any atom is 0.317 e. The van der Waals surface area contributed by atoms with Crippen molar-refractivity contribution >= 4 is 6.03 Å². The molecular formula is C20H22F2N2O3. The predicted octanol–water partition coefficient (Wildman–Crippen LogP) is 3.98. The summed E-state index contributed by atoms with van der Waals surface area (Å²) in [7, 11) is 0. The van der Waals surface area contributed by atoms with Crippen LogP contribution < -0.4 is 10.1 Å². The molecule has 1 atom stereocenters. The van der Waals surface area contributed by atoms with E-state index in [1.807, 2.05) is 13.0 Å². The third kappa shape index (κ3) is 4.87. The Labute approximate surface area is 156 Å².